The number of aryl methyl sites for hydroxylation is 1. The maximum absolute atomic E-state index is 12.4. The van der Waals surface area contributed by atoms with Crippen LogP contribution in [0, 0.1) is 5.92 Å². The van der Waals surface area contributed by atoms with Gasteiger partial charge in [0.15, 0.2) is 17.0 Å². The molecule has 3 heterocycles. The SMILES string of the molecule is Cn1nnc2c(N3CC(C(=O)NCc4ccc(S(N)(=O)=O)cc4)C3)ncnc21. The first kappa shape index (κ1) is 18.3. The number of hydrogen-bond donors (Lipinski definition) is 2. The monoisotopic (exact) mass is 402 g/mol. The Kier molecular flexibility index (Phi) is 4.43. The van der Waals surface area contributed by atoms with Crippen LogP contribution in [0.1, 0.15) is 5.56 Å². The molecule has 11 nitrogen and oxygen atoms in total. The lowest BCUT2D eigenvalue weighted by molar-refractivity contribution is -0.125. The van der Waals surface area contributed by atoms with Crippen LogP contribution in [0.2, 0.25) is 0 Å². The number of amides is 1. The fraction of sp³-hybridized carbons (Fsp3) is 0.312. The Morgan fingerprint density at radius 1 is 1.25 bits per heavy atom. The van der Waals surface area contributed by atoms with Gasteiger partial charge in [0.05, 0.1) is 10.8 Å². The Hall–Kier alpha value is -3.12. The van der Waals surface area contributed by atoms with Crippen molar-refractivity contribution in [2.75, 3.05) is 18.0 Å². The van der Waals surface area contributed by atoms with Crippen LogP contribution >= 0.6 is 0 Å². The van der Waals surface area contributed by atoms with E-state index in [4.69, 9.17) is 5.14 Å². The Morgan fingerprint density at radius 2 is 1.96 bits per heavy atom. The van der Waals surface area contributed by atoms with E-state index in [1.54, 1.807) is 23.9 Å². The van der Waals surface area contributed by atoms with Gasteiger partial charge in [-0.3, -0.25) is 4.79 Å². The van der Waals surface area contributed by atoms with E-state index in [1.807, 2.05) is 4.90 Å². The molecule has 0 spiro atoms. The second-order valence-corrected chi connectivity index (χ2v) is 8.15. The van der Waals surface area contributed by atoms with Crippen LogP contribution in [0.4, 0.5) is 5.82 Å². The molecule has 1 aromatic carbocycles. The number of benzene rings is 1. The van der Waals surface area contributed by atoms with Crippen molar-refractivity contribution in [1.82, 2.24) is 30.3 Å². The van der Waals surface area contributed by atoms with Gasteiger partial charge in [0.2, 0.25) is 15.9 Å². The fourth-order valence-electron chi connectivity index (χ4n) is 3.02. The fourth-order valence-corrected chi connectivity index (χ4v) is 3.54. The second-order valence-electron chi connectivity index (χ2n) is 6.59. The lowest BCUT2D eigenvalue weighted by atomic mass is 9.99. The van der Waals surface area contributed by atoms with Gasteiger partial charge in [0.25, 0.3) is 0 Å². The van der Waals surface area contributed by atoms with Crippen molar-refractivity contribution in [1.29, 1.82) is 0 Å². The first-order chi connectivity index (χ1) is 13.3. The number of primary sulfonamides is 1. The highest BCUT2D eigenvalue weighted by atomic mass is 32.2. The molecule has 4 rings (SSSR count). The van der Waals surface area contributed by atoms with E-state index >= 15 is 0 Å². The highest BCUT2D eigenvalue weighted by Crippen LogP contribution is 2.27. The van der Waals surface area contributed by atoms with E-state index in [-0.39, 0.29) is 16.7 Å². The predicted octanol–water partition coefficient (Wildman–Crippen LogP) is -0.842. The first-order valence-corrected chi connectivity index (χ1v) is 10.0. The van der Waals surface area contributed by atoms with Gasteiger partial charge in [-0.05, 0) is 17.7 Å². The number of sulfonamides is 1. The molecule has 0 aliphatic carbocycles. The largest absolute Gasteiger partial charge is 0.353 e. The quantitative estimate of drug-likeness (QED) is 0.561. The molecule has 12 heteroatoms. The van der Waals surface area contributed by atoms with E-state index in [2.05, 4.69) is 25.6 Å². The van der Waals surface area contributed by atoms with Gasteiger partial charge in [-0.25, -0.2) is 28.2 Å². The molecule has 2 aromatic heterocycles. The summed E-state index contributed by atoms with van der Waals surface area (Å²) in [6.45, 7) is 1.36. The zero-order valence-electron chi connectivity index (χ0n) is 15.0. The molecule has 1 aliphatic rings. The van der Waals surface area contributed by atoms with Crippen molar-refractivity contribution in [3.8, 4) is 0 Å². The molecule has 146 valence electrons. The minimum Gasteiger partial charge on any atom is -0.353 e. The van der Waals surface area contributed by atoms with Crippen LogP contribution in [-0.2, 0) is 28.4 Å². The van der Waals surface area contributed by atoms with Gasteiger partial charge in [-0.1, -0.05) is 17.3 Å². The third kappa shape index (κ3) is 3.39. The average Bonchev–Trinajstić information content (AvgIpc) is 3.00. The van der Waals surface area contributed by atoms with E-state index in [9.17, 15) is 13.2 Å². The minimum atomic E-state index is -3.72. The molecule has 0 unspecified atom stereocenters. The number of hydrogen-bond acceptors (Lipinski definition) is 8. The highest BCUT2D eigenvalue weighted by molar-refractivity contribution is 7.89. The topological polar surface area (TPSA) is 149 Å². The smallest absolute Gasteiger partial charge is 0.238 e. The van der Waals surface area contributed by atoms with Gasteiger partial charge < -0.3 is 10.2 Å². The summed E-state index contributed by atoms with van der Waals surface area (Å²) in [6.07, 6.45) is 1.46. The van der Waals surface area contributed by atoms with Crippen molar-refractivity contribution in [3.05, 3.63) is 36.2 Å². The van der Waals surface area contributed by atoms with Crippen LogP contribution in [0.25, 0.3) is 11.2 Å². The summed E-state index contributed by atoms with van der Waals surface area (Å²) in [5, 5.41) is 16.0. The molecule has 0 atom stereocenters. The van der Waals surface area contributed by atoms with Crippen LogP contribution in [-0.4, -0.2) is 52.4 Å². The van der Waals surface area contributed by atoms with E-state index in [0.717, 1.165) is 5.56 Å². The van der Waals surface area contributed by atoms with E-state index < -0.39 is 10.0 Å². The summed E-state index contributed by atoms with van der Waals surface area (Å²) in [6, 6.07) is 6.09. The predicted molar refractivity (Wildman–Crippen MR) is 99.5 cm³/mol. The molecular weight excluding hydrogens is 384 g/mol. The summed E-state index contributed by atoms with van der Waals surface area (Å²) in [5.74, 6) is 0.433. The Bertz CT molecular complexity index is 1140. The number of fused-ring (bicyclic) bond motifs is 1. The molecule has 1 fully saturated rings. The first-order valence-electron chi connectivity index (χ1n) is 8.48. The minimum absolute atomic E-state index is 0.0392. The van der Waals surface area contributed by atoms with Crippen molar-refractivity contribution in [2.24, 2.45) is 18.1 Å². The Balaban J connectivity index is 1.34. The molecule has 1 amide bonds. The number of nitrogens with two attached hydrogens (primary N) is 1. The number of anilines is 1. The van der Waals surface area contributed by atoms with Crippen LogP contribution < -0.4 is 15.4 Å². The number of aromatic nitrogens is 5. The highest BCUT2D eigenvalue weighted by Gasteiger charge is 2.34. The zero-order chi connectivity index (χ0) is 19.9. The molecule has 0 radical (unpaired) electrons. The summed E-state index contributed by atoms with van der Waals surface area (Å²) in [7, 11) is -1.96. The summed E-state index contributed by atoms with van der Waals surface area (Å²) in [5.41, 5.74) is 2.04. The van der Waals surface area contributed by atoms with Crippen LogP contribution in [0.15, 0.2) is 35.5 Å². The molecule has 0 bridgehead atoms. The van der Waals surface area contributed by atoms with Crippen molar-refractivity contribution >= 4 is 32.9 Å². The van der Waals surface area contributed by atoms with Gasteiger partial charge in [-0.2, -0.15) is 0 Å². The third-order valence-corrected chi connectivity index (χ3v) is 5.57. The van der Waals surface area contributed by atoms with Crippen LogP contribution in [0.3, 0.4) is 0 Å². The summed E-state index contributed by atoms with van der Waals surface area (Å²) >= 11 is 0. The third-order valence-electron chi connectivity index (χ3n) is 4.64. The van der Waals surface area contributed by atoms with E-state index in [0.29, 0.717) is 36.6 Å². The van der Waals surface area contributed by atoms with Gasteiger partial charge in [-0.15, -0.1) is 5.10 Å². The normalized spacial score (nSPS) is 14.9. The Labute approximate surface area is 160 Å². The molecule has 1 saturated heterocycles. The second kappa shape index (κ2) is 6.80. The maximum Gasteiger partial charge on any atom is 0.238 e. The number of nitrogens with one attached hydrogen (secondary N) is 1. The van der Waals surface area contributed by atoms with Crippen molar-refractivity contribution in [3.63, 3.8) is 0 Å². The van der Waals surface area contributed by atoms with Crippen molar-refractivity contribution < 1.29 is 13.2 Å². The number of carbonyl (C=O) groups excluding carboxylic acids is 1. The zero-order valence-corrected chi connectivity index (χ0v) is 15.8. The molecular formula is C16H18N8O3S. The molecule has 1 aliphatic heterocycles. The number of rotatable bonds is 5. The Morgan fingerprint density at radius 3 is 2.64 bits per heavy atom. The molecule has 28 heavy (non-hydrogen) atoms. The molecule has 3 N–H and O–H groups in total. The van der Waals surface area contributed by atoms with Gasteiger partial charge >= 0.3 is 0 Å². The molecule has 3 aromatic rings. The van der Waals surface area contributed by atoms with Crippen molar-refractivity contribution in [2.45, 2.75) is 11.4 Å². The average molecular weight is 402 g/mol. The summed E-state index contributed by atoms with van der Waals surface area (Å²) < 4.78 is 24.1. The van der Waals surface area contributed by atoms with Crippen LogP contribution in [0.5, 0.6) is 0 Å². The van der Waals surface area contributed by atoms with E-state index in [1.165, 1.54) is 18.5 Å². The maximum atomic E-state index is 12.4. The number of nitrogens with zero attached hydrogens (tertiary/aromatic N) is 6. The lowest BCUT2D eigenvalue weighted by Crippen LogP contribution is -2.54. The standard InChI is InChI=1S/C16H18N8O3S/c1-23-14-13(21-22-23)15(20-9-19-14)24-7-11(8-24)16(25)18-6-10-2-4-12(5-3-10)28(17,26)27/h2-5,9,11H,6-8H2,1H3,(H,18,25)(H2,17,26,27). The summed E-state index contributed by atoms with van der Waals surface area (Å²) in [4.78, 5) is 22.8. The van der Waals surface area contributed by atoms with Gasteiger partial charge in [0.1, 0.15) is 6.33 Å². The lowest BCUT2D eigenvalue weighted by Gasteiger charge is -2.38. The number of carbonyl (C=O) groups is 1. The molecule has 0 saturated carbocycles. The van der Waals surface area contributed by atoms with Gasteiger partial charge in [0, 0.05) is 26.7 Å².